The minimum atomic E-state index is -1.05. The van der Waals surface area contributed by atoms with Crippen molar-refractivity contribution in [2.45, 2.75) is 12.1 Å². The zero-order valence-corrected chi connectivity index (χ0v) is 12.3. The summed E-state index contributed by atoms with van der Waals surface area (Å²) in [7, 11) is 1.65. The molecule has 1 fully saturated rings. The molecule has 7 heteroatoms. The number of aldehydes is 1. The van der Waals surface area contributed by atoms with Gasteiger partial charge in [-0.3, -0.25) is 10.2 Å². The van der Waals surface area contributed by atoms with Gasteiger partial charge in [-0.1, -0.05) is 0 Å². The topological polar surface area (TPSA) is 96.7 Å². The molecule has 0 spiro atoms. The zero-order chi connectivity index (χ0) is 16.2. The van der Waals surface area contributed by atoms with E-state index in [1.54, 1.807) is 19.2 Å². The van der Waals surface area contributed by atoms with Gasteiger partial charge in [0.15, 0.2) is 0 Å². The molecule has 2 N–H and O–H groups in total. The Bertz CT molecular complexity index is 596. The number of rotatable bonds is 4. The number of nitrogens with one attached hydrogen (secondary N) is 1. The van der Waals surface area contributed by atoms with E-state index in [4.69, 9.17) is 5.26 Å². The largest absolute Gasteiger partial charge is 0.465 e. The lowest BCUT2D eigenvalue weighted by molar-refractivity contribution is -0.110. The summed E-state index contributed by atoms with van der Waals surface area (Å²) in [5.74, 6) is 0. The summed E-state index contributed by atoms with van der Waals surface area (Å²) in [5, 5.41) is 21.2. The minimum Gasteiger partial charge on any atom is -0.465 e. The van der Waals surface area contributed by atoms with Crippen LogP contribution in [0.5, 0.6) is 0 Å². The molecule has 1 aromatic carbocycles. The van der Waals surface area contributed by atoms with Crippen LogP contribution in [-0.4, -0.2) is 54.7 Å². The van der Waals surface area contributed by atoms with E-state index in [2.05, 4.69) is 11.4 Å². The molecule has 0 aromatic heterocycles. The van der Waals surface area contributed by atoms with Gasteiger partial charge in [-0.05, 0) is 31.3 Å². The lowest BCUT2D eigenvalue weighted by atomic mass is 10.0. The number of anilines is 1. The van der Waals surface area contributed by atoms with Crippen LogP contribution >= 0.6 is 0 Å². The smallest absolute Gasteiger partial charge is 0.408 e. The number of benzene rings is 1. The number of carboxylic acid groups (broad SMARTS) is 1. The fraction of sp³-hybridized carbons (Fsp3) is 0.400. The first kappa shape index (κ1) is 15.8. The van der Waals surface area contributed by atoms with Gasteiger partial charge in [0.05, 0.1) is 18.2 Å². The number of nitriles is 1. The first-order valence-electron chi connectivity index (χ1n) is 6.94. The molecule has 0 aliphatic carbocycles. The summed E-state index contributed by atoms with van der Waals surface area (Å²) in [6.45, 7) is 1.19. The van der Waals surface area contributed by atoms with Crippen LogP contribution < -0.4 is 10.2 Å². The number of nitrogens with zero attached hydrogens (tertiary/aromatic N) is 3. The molecule has 1 aromatic rings. The number of carbonyl (C=O) groups excluding carboxylic acids is 1. The fourth-order valence-corrected chi connectivity index (χ4v) is 2.79. The summed E-state index contributed by atoms with van der Waals surface area (Å²) in [6.07, 6.45) is -0.243. The van der Waals surface area contributed by atoms with Crippen molar-refractivity contribution in [3.63, 3.8) is 0 Å². The van der Waals surface area contributed by atoms with Gasteiger partial charge in [-0.2, -0.15) is 5.26 Å². The molecule has 1 aliphatic rings. The Morgan fingerprint density at radius 3 is 2.64 bits per heavy atom. The van der Waals surface area contributed by atoms with Crippen LogP contribution in [-0.2, 0) is 4.79 Å². The predicted molar refractivity (Wildman–Crippen MR) is 80.6 cm³/mol. The highest BCUT2D eigenvalue weighted by Gasteiger charge is 2.43. The Labute approximate surface area is 128 Å². The fourth-order valence-electron chi connectivity index (χ4n) is 2.79. The van der Waals surface area contributed by atoms with Gasteiger partial charge in [0.1, 0.15) is 11.9 Å². The van der Waals surface area contributed by atoms with Gasteiger partial charge in [-0.15, -0.1) is 0 Å². The molecule has 0 bridgehead atoms. The van der Waals surface area contributed by atoms with Crippen LogP contribution in [0.3, 0.4) is 0 Å². The second-order valence-corrected chi connectivity index (χ2v) is 5.17. The molecular formula is C15H18N4O3. The molecule has 1 saturated heterocycles. The summed E-state index contributed by atoms with van der Waals surface area (Å²) in [6, 6.07) is 9.17. The van der Waals surface area contributed by atoms with E-state index in [0.717, 1.165) is 12.0 Å². The van der Waals surface area contributed by atoms with Crippen LogP contribution in [0.15, 0.2) is 24.3 Å². The van der Waals surface area contributed by atoms with Crippen molar-refractivity contribution in [2.75, 3.05) is 31.6 Å². The summed E-state index contributed by atoms with van der Waals surface area (Å²) in [5.41, 5.74) is 0.523. The van der Waals surface area contributed by atoms with E-state index >= 15 is 0 Å². The van der Waals surface area contributed by atoms with Crippen molar-refractivity contribution in [3.05, 3.63) is 29.8 Å². The van der Waals surface area contributed by atoms with Crippen molar-refractivity contribution in [2.24, 2.45) is 0 Å². The van der Waals surface area contributed by atoms with Gasteiger partial charge in [0.2, 0.25) is 0 Å². The van der Waals surface area contributed by atoms with Crippen molar-refractivity contribution in [1.29, 1.82) is 5.26 Å². The zero-order valence-electron chi connectivity index (χ0n) is 12.3. The van der Waals surface area contributed by atoms with Gasteiger partial charge in [0, 0.05) is 25.2 Å². The summed E-state index contributed by atoms with van der Waals surface area (Å²) < 4.78 is 0. The third kappa shape index (κ3) is 2.87. The van der Waals surface area contributed by atoms with Crippen molar-refractivity contribution in [1.82, 2.24) is 10.2 Å². The molecule has 116 valence electrons. The normalized spacial score (nSPS) is 21.3. The molecule has 1 heterocycles. The SMILES string of the molecule is CNC1(CC=O)CN(c2ccc(C#N)cc2)CCN1C(=O)O. The second kappa shape index (κ2) is 6.45. The summed E-state index contributed by atoms with van der Waals surface area (Å²) in [4.78, 5) is 25.8. The number of hydrogen-bond acceptors (Lipinski definition) is 5. The van der Waals surface area contributed by atoms with Crippen molar-refractivity contribution in [3.8, 4) is 6.07 Å². The van der Waals surface area contributed by atoms with Gasteiger partial charge >= 0.3 is 6.09 Å². The molecule has 2 rings (SSSR count). The summed E-state index contributed by atoms with van der Waals surface area (Å²) >= 11 is 0. The van der Waals surface area contributed by atoms with E-state index in [1.165, 1.54) is 4.90 Å². The van der Waals surface area contributed by atoms with Crippen LogP contribution in [0.4, 0.5) is 10.5 Å². The maximum Gasteiger partial charge on any atom is 0.408 e. The van der Waals surface area contributed by atoms with Crippen LogP contribution in [0.1, 0.15) is 12.0 Å². The van der Waals surface area contributed by atoms with E-state index < -0.39 is 11.8 Å². The van der Waals surface area contributed by atoms with E-state index in [9.17, 15) is 14.7 Å². The standard InChI is InChI=1S/C15H18N4O3/c1-17-15(6-9-20)11-18(7-8-19(15)14(21)22)13-4-2-12(10-16)3-5-13/h2-5,9,17H,6-8,11H2,1H3,(H,21,22). The average molecular weight is 302 g/mol. The molecule has 22 heavy (non-hydrogen) atoms. The molecule has 7 nitrogen and oxygen atoms in total. The highest BCUT2D eigenvalue weighted by atomic mass is 16.4. The lowest BCUT2D eigenvalue weighted by Crippen LogP contribution is -2.69. The number of piperazine rings is 1. The van der Waals surface area contributed by atoms with Crippen molar-refractivity contribution < 1.29 is 14.7 Å². The van der Waals surface area contributed by atoms with Crippen LogP contribution in [0.2, 0.25) is 0 Å². The Kier molecular flexibility index (Phi) is 4.63. The van der Waals surface area contributed by atoms with E-state index in [0.29, 0.717) is 25.2 Å². The molecule has 0 saturated carbocycles. The Hall–Kier alpha value is -2.59. The van der Waals surface area contributed by atoms with Crippen molar-refractivity contribution >= 4 is 18.1 Å². The Morgan fingerprint density at radius 1 is 1.45 bits per heavy atom. The molecule has 0 radical (unpaired) electrons. The Morgan fingerprint density at radius 2 is 2.14 bits per heavy atom. The number of hydrogen-bond donors (Lipinski definition) is 2. The number of likely N-dealkylation sites (N-methyl/N-ethyl adjacent to an activating group) is 1. The molecular weight excluding hydrogens is 284 g/mol. The van der Waals surface area contributed by atoms with E-state index in [-0.39, 0.29) is 6.42 Å². The Balaban J connectivity index is 2.28. The maximum atomic E-state index is 11.4. The van der Waals surface area contributed by atoms with Gasteiger partial charge < -0.3 is 14.8 Å². The first-order chi connectivity index (χ1) is 10.6. The third-order valence-corrected chi connectivity index (χ3v) is 4.04. The monoisotopic (exact) mass is 302 g/mol. The van der Waals surface area contributed by atoms with Gasteiger partial charge in [0.25, 0.3) is 0 Å². The van der Waals surface area contributed by atoms with Crippen LogP contribution in [0, 0.1) is 11.3 Å². The second-order valence-electron chi connectivity index (χ2n) is 5.17. The number of amides is 1. The van der Waals surface area contributed by atoms with Crippen LogP contribution in [0.25, 0.3) is 0 Å². The molecule has 1 atom stereocenters. The van der Waals surface area contributed by atoms with Gasteiger partial charge in [-0.25, -0.2) is 4.79 Å². The molecule has 1 unspecified atom stereocenters. The first-order valence-corrected chi connectivity index (χ1v) is 6.94. The highest BCUT2D eigenvalue weighted by molar-refractivity contribution is 5.68. The third-order valence-electron chi connectivity index (χ3n) is 4.04. The van der Waals surface area contributed by atoms with E-state index in [1.807, 2.05) is 17.0 Å². The quantitative estimate of drug-likeness (QED) is 0.801. The molecule has 1 amide bonds. The lowest BCUT2D eigenvalue weighted by Gasteiger charge is -2.49. The average Bonchev–Trinajstić information content (AvgIpc) is 2.54. The number of carbonyl (C=O) groups is 2. The minimum absolute atomic E-state index is 0.0720. The molecule has 1 aliphatic heterocycles. The highest BCUT2D eigenvalue weighted by Crippen LogP contribution is 2.26. The maximum absolute atomic E-state index is 11.4. The predicted octanol–water partition coefficient (Wildman–Crippen LogP) is 0.863.